The maximum absolute atomic E-state index is 13.2. The van der Waals surface area contributed by atoms with Gasteiger partial charge in [-0.2, -0.15) is 0 Å². The molecule has 0 bridgehead atoms. The third kappa shape index (κ3) is 4.83. The van der Waals surface area contributed by atoms with Gasteiger partial charge in [-0.3, -0.25) is 14.2 Å². The Morgan fingerprint density at radius 3 is 2.87 bits per heavy atom. The van der Waals surface area contributed by atoms with Crippen molar-refractivity contribution in [3.05, 3.63) is 55.5 Å². The molecular formula is C23H26ClN3O2S2. The molecule has 3 aromatic rings. The van der Waals surface area contributed by atoms with Crippen LogP contribution in [0.15, 0.2) is 39.6 Å². The van der Waals surface area contributed by atoms with Crippen molar-refractivity contribution in [3.63, 3.8) is 0 Å². The number of carbonyl (C=O) groups excluding carboxylic acids is 1. The van der Waals surface area contributed by atoms with E-state index in [-0.39, 0.29) is 16.7 Å². The van der Waals surface area contributed by atoms with Crippen LogP contribution in [0.3, 0.4) is 0 Å². The zero-order valence-electron chi connectivity index (χ0n) is 17.9. The monoisotopic (exact) mass is 475 g/mol. The van der Waals surface area contributed by atoms with Crippen LogP contribution in [-0.2, 0) is 24.3 Å². The predicted molar refractivity (Wildman–Crippen MR) is 129 cm³/mol. The number of nitrogens with zero attached hydrogens (tertiary/aromatic N) is 3. The highest BCUT2D eigenvalue weighted by molar-refractivity contribution is 8.00. The van der Waals surface area contributed by atoms with Gasteiger partial charge < -0.3 is 4.90 Å². The minimum Gasteiger partial charge on any atom is -0.337 e. The van der Waals surface area contributed by atoms with Gasteiger partial charge in [0, 0.05) is 29.5 Å². The summed E-state index contributed by atoms with van der Waals surface area (Å²) in [6.45, 7) is 8.13. The number of hydrogen-bond acceptors (Lipinski definition) is 5. The first-order chi connectivity index (χ1) is 14.8. The smallest absolute Gasteiger partial charge is 0.262 e. The van der Waals surface area contributed by atoms with Crippen LogP contribution < -0.4 is 5.56 Å². The van der Waals surface area contributed by atoms with Gasteiger partial charge in [0.25, 0.3) is 5.56 Å². The van der Waals surface area contributed by atoms with Crippen LogP contribution >= 0.6 is 34.7 Å². The Bertz CT molecular complexity index is 1170. The first kappa shape index (κ1) is 22.4. The summed E-state index contributed by atoms with van der Waals surface area (Å²) in [7, 11) is 0. The number of hydrogen-bond donors (Lipinski definition) is 0. The van der Waals surface area contributed by atoms with E-state index in [1.807, 2.05) is 11.8 Å². The fourth-order valence-electron chi connectivity index (χ4n) is 3.75. The normalized spacial score (nSPS) is 14.8. The number of rotatable bonds is 6. The second kappa shape index (κ2) is 9.35. The van der Waals surface area contributed by atoms with E-state index in [0.29, 0.717) is 40.1 Å². The lowest BCUT2D eigenvalue weighted by atomic mass is 10.1. The van der Waals surface area contributed by atoms with E-state index >= 15 is 0 Å². The molecule has 1 aromatic carbocycles. The summed E-state index contributed by atoms with van der Waals surface area (Å²) >= 11 is 9.26. The highest BCUT2D eigenvalue weighted by Crippen LogP contribution is 2.29. The number of amides is 1. The lowest BCUT2D eigenvalue weighted by Gasteiger charge is -2.29. The van der Waals surface area contributed by atoms with Crippen LogP contribution in [0.2, 0.25) is 5.02 Å². The van der Waals surface area contributed by atoms with Gasteiger partial charge in [0.05, 0.1) is 16.2 Å². The molecule has 1 unspecified atom stereocenters. The second-order valence-corrected chi connectivity index (χ2v) is 11.1. The molecule has 8 heteroatoms. The Morgan fingerprint density at radius 1 is 1.29 bits per heavy atom. The summed E-state index contributed by atoms with van der Waals surface area (Å²) < 4.78 is 1.72. The molecule has 1 atom stereocenters. The van der Waals surface area contributed by atoms with E-state index in [4.69, 9.17) is 16.6 Å². The van der Waals surface area contributed by atoms with E-state index in [1.54, 1.807) is 34.1 Å². The molecule has 4 rings (SSSR count). The number of fused-ring (bicyclic) bond motifs is 2. The molecule has 0 aliphatic carbocycles. The Kier molecular flexibility index (Phi) is 6.74. The molecule has 1 aliphatic rings. The zero-order valence-corrected chi connectivity index (χ0v) is 20.3. The molecule has 0 radical (unpaired) electrons. The minimum absolute atomic E-state index is 0.0784. The maximum atomic E-state index is 13.2. The van der Waals surface area contributed by atoms with Crippen LogP contribution in [-0.4, -0.2) is 32.2 Å². The highest BCUT2D eigenvalue weighted by atomic mass is 35.5. The van der Waals surface area contributed by atoms with E-state index in [0.717, 1.165) is 19.4 Å². The van der Waals surface area contributed by atoms with Gasteiger partial charge in [-0.15, -0.1) is 11.3 Å². The highest BCUT2D eigenvalue weighted by Gasteiger charge is 2.27. The van der Waals surface area contributed by atoms with Crippen molar-refractivity contribution in [2.45, 2.75) is 57.1 Å². The first-order valence-corrected chi connectivity index (χ1v) is 12.7. The Morgan fingerprint density at radius 2 is 2.10 bits per heavy atom. The molecule has 5 nitrogen and oxygen atoms in total. The average molecular weight is 476 g/mol. The molecule has 1 amide bonds. The summed E-state index contributed by atoms with van der Waals surface area (Å²) in [5.74, 6) is 0.538. The topological polar surface area (TPSA) is 55.2 Å². The van der Waals surface area contributed by atoms with Gasteiger partial charge in [0.1, 0.15) is 0 Å². The average Bonchev–Trinajstić information content (AvgIpc) is 3.20. The largest absolute Gasteiger partial charge is 0.337 e. The van der Waals surface area contributed by atoms with Gasteiger partial charge in [-0.1, -0.05) is 37.2 Å². The van der Waals surface area contributed by atoms with Crippen LogP contribution in [0.5, 0.6) is 0 Å². The Labute approximate surface area is 195 Å². The molecular weight excluding hydrogens is 450 g/mol. The van der Waals surface area contributed by atoms with Gasteiger partial charge in [0.15, 0.2) is 5.16 Å². The number of thiophene rings is 1. The van der Waals surface area contributed by atoms with E-state index in [2.05, 4.69) is 25.3 Å². The van der Waals surface area contributed by atoms with Crippen molar-refractivity contribution in [2.75, 3.05) is 6.54 Å². The number of aromatic nitrogens is 2. The number of thioether (sulfide) groups is 1. The summed E-state index contributed by atoms with van der Waals surface area (Å²) in [6.07, 6.45) is 1.77. The van der Waals surface area contributed by atoms with Crippen molar-refractivity contribution in [2.24, 2.45) is 5.92 Å². The predicted octanol–water partition coefficient (Wildman–Crippen LogP) is 5.22. The van der Waals surface area contributed by atoms with E-state index < -0.39 is 0 Å². The van der Waals surface area contributed by atoms with Gasteiger partial charge >= 0.3 is 0 Å². The summed E-state index contributed by atoms with van der Waals surface area (Å²) in [5.41, 5.74) is 1.74. The lowest BCUT2D eigenvalue weighted by Crippen LogP contribution is -2.40. The van der Waals surface area contributed by atoms with Crippen LogP contribution in [0, 0.1) is 5.92 Å². The molecule has 0 spiro atoms. The second-order valence-electron chi connectivity index (χ2n) is 8.33. The molecule has 3 heterocycles. The fraction of sp³-hybridized carbons (Fsp3) is 0.435. The first-order valence-electron chi connectivity index (χ1n) is 10.5. The number of benzene rings is 1. The molecule has 164 valence electrons. The van der Waals surface area contributed by atoms with Crippen molar-refractivity contribution in [3.8, 4) is 0 Å². The molecule has 0 saturated heterocycles. The van der Waals surface area contributed by atoms with Crippen molar-refractivity contribution >= 4 is 51.5 Å². The van der Waals surface area contributed by atoms with Crippen LogP contribution in [0.4, 0.5) is 0 Å². The van der Waals surface area contributed by atoms with Gasteiger partial charge in [-0.05, 0) is 60.9 Å². The summed E-state index contributed by atoms with van der Waals surface area (Å²) in [6, 6.07) is 7.27. The van der Waals surface area contributed by atoms with Crippen molar-refractivity contribution in [1.82, 2.24) is 14.5 Å². The van der Waals surface area contributed by atoms with Gasteiger partial charge in [-0.25, -0.2) is 4.98 Å². The minimum atomic E-state index is -0.339. The Balaban J connectivity index is 1.62. The Hall–Kier alpha value is -1.83. The van der Waals surface area contributed by atoms with Crippen LogP contribution in [0.1, 0.15) is 37.6 Å². The molecule has 0 saturated carbocycles. The maximum Gasteiger partial charge on any atom is 0.262 e. The zero-order chi connectivity index (χ0) is 22.1. The van der Waals surface area contributed by atoms with Crippen LogP contribution in [0.25, 0.3) is 10.9 Å². The van der Waals surface area contributed by atoms with Crippen molar-refractivity contribution < 1.29 is 4.79 Å². The molecule has 2 aromatic heterocycles. The lowest BCUT2D eigenvalue weighted by molar-refractivity contribution is -0.131. The molecule has 31 heavy (non-hydrogen) atoms. The molecule has 0 fully saturated rings. The van der Waals surface area contributed by atoms with Gasteiger partial charge in [0.2, 0.25) is 5.91 Å². The summed E-state index contributed by atoms with van der Waals surface area (Å²) in [5, 5.41) is 3.43. The third-order valence-corrected chi connectivity index (χ3v) is 7.90. The fourth-order valence-corrected chi connectivity index (χ4v) is 5.83. The SMILES string of the molecule is CC(C)CCn1c(SC(C)C(=O)N2CCc3sccc3C2)nc2cc(Cl)ccc2c1=O. The van der Waals surface area contributed by atoms with E-state index in [1.165, 1.54) is 22.2 Å². The number of carbonyl (C=O) groups is 1. The van der Waals surface area contributed by atoms with Crippen molar-refractivity contribution in [1.29, 1.82) is 0 Å². The summed E-state index contributed by atoms with van der Waals surface area (Å²) in [4.78, 5) is 34.4. The van der Waals surface area contributed by atoms with E-state index in [9.17, 15) is 9.59 Å². The standard InChI is InChI=1S/C23H26ClN3O2S2/c1-14(2)6-10-27-22(29)18-5-4-17(24)12-19(18)25-23(27)31-15(3)21(28)26-9-7-20-16(13-26)8-11-30-20/h4-5,8,11-12,14-15H,6-7,9-10,13H2,1-3H3. The molecule has 0 N–H and O–H groups in total. The molecule has 1 aliphatic heterocycles. The quantitative estimate of drug-likeness (QED) is 0.362. The number of halogens is 1. The third-order valence-electron chi connectivity index (χ3n) is 5.56.